The predicted octanol–water partition coefficient (Wildman–Crippen LogP) is 2.11. The van der Waals surface area contributed by atoms with E-state index in [1.807, 2.05) is 0 Å². The first-order valence-electron chi connectivity index (χ1n) is 10.8. The molecule has 10 heteroatoms. The van der Waals surface area contributed by atoms with Gasteiger partial charge in [-0.05, 0) is 49.2 Å². The van der Waals surface area contributed by atoms with Gasteiger partial charge in [0.2, 0.25) is 5.95 Å². The topological polar surface area (TPSA) is 110 Å². The molecule has 1 aliphatic rings. The highest BCUT2D eigenvalue weighted by atomic mass is 19.1. The van der Waals surface area contributed by atoms with Crippen LogP contribution < -0.4 is 15.0 Å². The number of rotatable bonds is 3. The first-order valence-corrected chi connectivity index (χ1v) is 10.8. The summed E-state index contributed by atoms with van der Waals surface area (Å²) in [5, 5.41) is 16.5. The molecule has 1 atom stereocenters. The van der Waals surface area contributed by atoms with Crippen LogP contribution in [0.15, 0.2) is 48.9 Å². The van der Waals surface area contributed by atoms with Crippen molar-refractivity contribution in [2.75, 3.05) is 18.6 Å². The van der Waals surface area contributed by atoms with Gasteiger partial charge in [-0.3, -0.25) is 4.79 Å². The number of ether oxygens (including phenoxy) is 1. The van der Waals surface area contributed by atoms with Gasteiger partial charge >= 0.3 is 6.03 Å². The Bertz CT molecular complexity index is 1320. The van der Waals surface area contributed by atoms with Crippen molar-refractivity contribution >= 4 is 17.6 Å². The minimum atomic E-state index is -1.15. The average Bonchev–Trinajstić information content (AvgIpc) is 3.25. The van der Waals surface area contributed by atoms with E-state index in [0.29, 0.717) is 23.4 Å². The molecule has 0 saturated carbocycles. The first-order chi connectivity index (χ1) is 16.6. The van der Waals surface area contributed by atoms with E-state index >= 15 is 0 Å². The van der Waals surface area contributed by atoms with Gasteiger partial charge in [-0.25, -0.2) is 9.78 Å². The van der Waals surface area contributed by atoms with Gasteiger partial charge in [0.05, 0.1) is 11.9 Å². The number of hydrogen-bond acceptors (Lipinski definition) is 6. The molecule has 4 rings (SSSR count). The van der Waals surface area contributed by atoms with E-state index in [4.69, 9.17) is 4.74 Å². The number of aromatic nitrogens is 3. The van der Waals surface area contributed by atoms with Crippen molar-refractivity contribution in [3.63, 3.8) is 0 Å². The Hall–Kier alpha value is -4.23. The molecular formula is C25H24FN5O4. The fourth-order valence-corrected chi connectivity index (χ4v) is 3.43. The number of carbonyl (C=O) groups is 2. The van der Waals surface area contributed by atoms with Crippen LogP contribution in [0.4, 0.5) is 14.9 Å². The molecule has 0 radical (unpaired) electrons. The quantitative estimate of drug-likeness (QED) is 0.442. The van der Waals surface area contributed by atoms with Gasteiger partial charge in [0.1, 0.15) is 24.0 Å². The van der Waals surface area contributed by atoms with Crippen molar-refractivity contribution in [1.82, 2.24) is 20.1 Å². The van der Waals surface area contributed by atoms with Crippen LogP contribution in [-0.4, -0.2) is 57.1 Å². The molecule has 2 aromatic heterocycles. The maximum Gasteiger partial charge on any atom is 0.342 e. The summed E-state index contributed by atoms with van der Waals surface area (Å²) in [7, 11) is 1.59. The Kier molecular flexibility index (Phi) is 6.53. The Morgan fingerprint density at radius 3 is 2.80 bits per heavy atom. The van der Waals surface area contributed by atoms with Crippen molar-refractivity contribution < 1.29 is 23.8 Å². The van der Waals surface area contributed by atoms with Gasteiger partial charge in [-0.1, -0.05) is 17.9 Å². The molecule has 9 nitrogen and oxygen atoms in total. The van der Waals surface area contributed by atoms with Crippen molar-refractivity contribution in [1.29, 1.82) is 0 Å². The lowest BCUT2D eigenvalue weighted by Crippen LogP contribution is -2.50. The highest BCUT2D eigenvalue weighted by molar-refractivity contribution is 6.00. The number of nitrogens with zero attached hydrogens (tertiary/aromatic N) is 4. The van der Waals surface area contributed by atoms with E-state index in [0.717, 1.165) is 15.8 Å². The summed E-state index contributed by atoms with van der Waals surface area (Å²) in [6.45, 7) is 3.10. The van der Waals surface area contributed by atoms with E-state index in [2.05, 4.69) is 27.2 Å². The van der Waals surface area contributed by atoms with Crippen LogP contribution in [0.1, 0.15) is 30.5 Å². The molecule has 0 bridgehead atoms. The highest BCUT2D eigenvalue weighted by Crippen LogP contribution is 2.31. The normalized spacial score (nSPS) is 15.4. The van der Waals surface area contributed by atoms with Gasteiger partial charge in [0, 0.05) is 31.4 Å². The lowest BCUT2D eigenvalue weighted by atomic mass is 10.1. The molecule has 1 aromatic carbocycles. The van der Waals surface area contributed by atoms with E-state index < -0.39 is 23.6 Å². The first kappa shape index (κ1) is 23.9. The Morgan fingerprint density at radius 2 is 2.09 bits per heavy atom. The van der Waals surface area contributed by atoms with Crippen LogP contribution in [0.3, 0.4) is 0 Å². The number of pyridine rings is 1. The molecule has 0 fully saturated rings. The summed E-state index contributed by atoms with van der Waals surface area (Å²) in [5.74, 6) is 5.16. The summed E-state index contributed by atoms with van der Waals surface area (Å²) < 4.78 is 19.9. The Balaban J connectivity index is 1.45. The largest absolute Gasteiger partial charge is 0.489 e. The number of anilines is 1. The number of hydrogen-bond donors (Lipinski definition) is 2. The van der Waals surface area contributed by atoms with E-state index in [1.54, 1.807) is 45.2 Å². The Labute approximate surface area is 201 Å². The minimum absolute atomic E-state index is 0.0635. The maximum absolute atomic E-state index is 13.1. The van der Waals surface area contributed by atoms with Crippen molar-refractivity contribution in [3.05, 3.63) is 71.6 Å². The number of halogens is 1. The summed E-state index contributed by atoms with van der Waals surface area (Å²) in [4.78, 5) is 30.8. The van der Waals surface area contributed by atoms with Crippen LogP contribution in [0.5, 0.6) is 5.75 Å². The summed E-state index contributed by atoms with van der Waals surface area (Å²) in [5.41, 5.74) is 1.45. The van der Waals surface area contributed by atoms with Gasteiger partial charge < -0.3 is 20.1 Å². The number of nitrogens with one attached hydrogen (secondary N) is 1. The van der Waals surface area contributed by atoms with Crippen molar-refractivity contribution in [3.8, 4) is 17.6 Å². The standard InChI is InChI=1S/C25H24FN5O4/c1-25(2,34)9-8-16-4-6-21-20(11-16)30(3)23(32)19(15-35-21)29-24(33)31-14-18(13-28-31)10-17-5-7-22(26)27-12-17/h4-7,11-14,19,34H,10,15H2,1-3H3,(H,29,33). The smallest absolute Gasteiger partial charge is 0.342 e. The van der Waals surface area contributed by atoms with E-state index in [9.17, 15) is 19.1 Å². The number of benzene rings is 1. The molecule has 3 heterocycles. The second kappa shape index (κ2) is 9.56. The van der Waals surface area contributed by atoms with Gasteiger partial charge in [0.15, 0.2) is 0 Å². The number of likely N-dealkylation sites (N-methyl/N-ethyl adjacent to an activating group) is 1. The van der Waals surface area contributed by atoms with Crippen molar-refractivity contribution in [2.45, 2.75) is 31.9 Å². The van der Waals surface area contributed by atoms with Crippen LogP contribution in [0.2, 0.25) is 0 Å². The molecule has 180 valence electrons. The second-order valence-corrected chi connectivity index (χ2v) is 8.66. The van der Waals surface area contributed by atoms with Crippen molar-refractivity contribution in [2.24, 2.45) is 0 Å². The molecule has 2 amide bonds. The molecule has 3 aromatic rings. The lowest BCUT2D eigenvalue weighted by Gasteiger charge is -2.20. The zero-order valence-electron chi connectivity index (χ0n) is 19.4. The van der Waals surface area contributed by atoms with Crippen LogP contribution >= 0.6 is 0 Å². The number of aliphatic hydroxyl groups is 1. The van der Waals surface area contributed by atoms with Crippen LogP contribution in [0, 0.1) is 17.8 Å². The summed E-state index contributed by atoms with van der Waals surface area (Å²) in [6.07, 6.45) is 4.89. The molecule has 1 aliphatic heterocycles. The average molecular weight is 477 g/mol. The predicted molar refractivity (Wildman–Crippen MR) is 125 cm³/mol. The molecule has 0 aliphatic carbocycles. The zero-order chi connectivity index (χ0) is 25.2. The second-order valence-electron chi connectivity index (χ2n) is 8.66. The third kappa shape index (κ3) is 5.83. The fourth-order valence-electron chi connectivity index (χ4n) is 3.43. The van der Waals surface area contributed by atoms with Gasteiger partial charge in [0.25, 0.3) is 5.91 Å². The molecular weight excluding hydrogens is 453 g/mol. The number of amides is 2. The Morgan fingerprint density at radius 1 is 1.29 bits per heavy atom. The van der Waals surface area contributed by atoms with Gasteiger partial charge in [-0.15, -0.1) is 0 Å². The van der Waals surface area contributed by atoms with Crippen LogP contribution in [0.25, 0.3) is 0 Å². The molecule has 35 heavy (non-hydrogen) atoms. The zero-order valence-corrected chi connectivity index (χ0v) is 19.4. The molecule has 0 spiro atoms. The molecule has 0 saturated heterocycles. The lowest BCUT2D eigenvalue weighted by molar-refractivity contribution is -0.120. The van der Waals surface area contributed by atoms with Crippen LogP contribution in [-0.2, 0) is 11.2 Å². The third-order valence-electron chi connectivity index (χ3n) is 5.21. The number of fused-ring (bicyclic) bond motifs is 1. The summed E-state index contributed by atoms with van der Waals surface area (Å²) >= 11 is 0. The van der Waals surface area contributed by atoms with Gasteiger partial charge in [-0.2, -0.15) is 14.2 Å². The van der Waals surface area contributed by atoms with E-state index in [1.165, 1.54) is 29.6 Å². The molecule has 2 N–H and O–H groups in total. The number of carbonyl (C=O) groups excluding carboxylic acids is 2. The molecule has 1 unspecified atom stereocenters. The third-order valence-corrected chi connectivity index (χ3v) is 5.21. The fraction of sp³-hybridized carbons (Fsp3) is 0.280. The maximum atomic E-state index is 13.1. The summed E-state index contributed by atoms with van der Waals surface area (Å²) in [6, 6.07) is 6.46. The monoisotopic (exact) mass is 477 g/mol. The highest BCUT2D eigenvalue weighted by Gasteiger charge is 2.31. The van der Waals surface area contributed by atoms with E-state index in [-0.39, 0.29) is 12.5 Å². The SMILES string of the molecule is CN1C(=O)C(NC(=O)n2cc(Cc3ccc(F)nc3)cn2)COc2ccc(C#CC(C)(C)O)cc21. The minimum Gasteiger partial charge on any atom is -0.489 e.